The maximum atomic E-state index is 12.9. The summed E-state index contributed by atoms with van der Waals surface area (Å²) < 4.78 is 0. The number of urea groups is 1. The van der Waals surface area contributed by atoms with Crippen LogP contribution in [0.2, 0.25) is 0 Å². The Bertz CT molecular complexity index is 712. The molecule has 154 valence electrons. The minimum absolute atomic E-state index is 0.0552. The van der Waals surface area contributed by atoms with Crippen LogP contribution in [0.25, 0.3) is 0 Å². The van der Waals surface area contributed by atoms with E-state index in [4.69, 9.17) is 0 Å². The summed E-state index contributed by atoms with van der Waals surface area (Å²) in [5, 5.41) is 2.94. The van der Waals surface area contributed by atoms with Gasteiger partial charge in [-0.05, 0) is 38.2 Å². The molecule has 0 radical (unpaired) electrons. The molecule has 28 heavy (non-hydrogen) atoms. The van der Waals surface area contributed by atoms with E-state index < -0.39 is 5.54 Å². The number of nitrogens with zero attached hydrogens (tertiary/aromatic N) is 1. The zero-order valence-electron chi connectivity index (χ0n) is 17.8. The lowest BCUT2D eigenvalue weighted by molar-refractivity contribution is -1.02. The van der Waals surface area contributed by atoms with Crippen molar-refractivity contribution >= 4 is 11.9 Å². The van der Waals surface area contributed by atoms with Crippen molar-refractivity contribution in [3.8, 4) is 0 Å². The number of amides is 3. The van der Waals surface area contributed by atoms with Crippen LogP contribution in [0.5, 0.6) is 0 Å². The van der Waals surface area contributed by atoms with E-state index in [-0.39, 0.29) is 11.9 Å². The average molecular weight is 389 g/mol. The van der Waals surface area contributed by atoms with Crippen molar-refractivity contribution in [1.29, 1.82) is 0 Å². The molecule has 2 saturated heterocycles. The molecule has 0 aromatic heterocycles. The largest absolute Gasteiger partial charge is 0.329 e. The lowest BCUT2D eigenvalue weighted by atomic mass is 9.92. The summed E-state index contributed by atoms with van der Waals surface area (Å²) in [5.41, 5.74) is 2.03. The van der Waals surface area contributed by atoms with E-state index >= 15 is 0 Å². The maximum absolute atomic E-state index is 12.9. The van der Waals surface area contributed by atoms with E-state index in [1.807, 2.05) is 6.92 Å². The third-order valence-corrected chi connectivity index (χ3v) is 6.31. The van der Waals surface area contributed by atoms with Crippen LogP contribution in [0.3, 0.4) is 0 Å². The number of nitrogens with one attached hydrogen (secondary N) is 3. The van der Waals surface area contributed by atoms with Crippen LogP contribution in [-0.2, 0) is 11.3 Å². The molecule has 1 atom stereocenters. The molecule has 0 unspecified atom stereocenters. The first-order valence-corrected chi connectivity index (χ1v) is 10.6. The summed E-state index contributed by atoms with van der Waals surface area (Å²) in [5.74, 6) is 0.464. The molecular weight excluding hydrogens is 352 g/mol. The molecule has 0 spiro atoms. The molecule has 0 bridgehead atoms. The highest BCUT2D eigenvalue weighted by Crippen LogP contribution is 2.24. The van der Waals surface area contributed by atoms with E-state index in [2.05, 4.69) is 50.4 Å². The van der Waals surface area contributed by atoms with E-state index in [1.165, 1.54) is 20.9 Å². The minimum atomic E-state index is -0.737. The fourth-order valence-corrected chi connectivity index (χ4v) is 4.23. The van der Waals surface area contributed by atoms with Gasteiger partial charge < -0.3 is 15.1 Å². The highest BCUT2D eigenvalue weighted by atomic mass is 16.2. The standard InChI is InChI=1S/C22H34N4O2/c1-17(2)9-10-22(4)20(27)26(21(28)23-22)16-25-13-11-24(12-14-25)15-19-8-6-5-7-18(19)3/h5-8,17H,9-16H2,1-4H3,(H,23,28)/p+2/t22-/m1/s1. The van der Waals surface area contributed by atoms with Crippen LogP contribution < -0.4 is 15.1 Å². The van der Waals surface area contributed by atoms with Gasteiger partial charge >= 0.3 is 6.03 Å². The lowest BCUT2D eigenvalue weighted by Crippen LogP contribution is -3.28. The SMILES string of the molecule is Cc1ccccc1C[NH+]1CC[NH+](CN2C(=O)N[C@](C)(CCC(C)C)C2=O)CC1. The van der Waals surface area contributed by atoms with Crippen LogP contribution in [0.15, 0.2) is 24.3 Å². The predicted molar refractivity (Wildman–Crippen MR) is 109 cm³/mol. The van der Waals surface area contributed by atoms with E-state index in [0.29, 0.717) is 19.0 Å². The number of rotatable bonds is 7. The first-order chi connectivity index (χ1) is 13.3. The molecule has 1 aromatic rings. The van der Waals surface area contributed by atoms with Crippen LogP contribution >= 0.6 is 0 Å². The highest BCUT2D eigenvalue weighted by Gasteiger charge is 2.48. The number of imide groups is 1. The molecule has 6 heteroatoms. The third-order valence-electron chi connectivity index (χ3n) is 6.31. The zero-order chi connectivity index (χ0) is 20.3. The Labute approximate surface area is 168 Å². The molecule has 3 rings (SSSR count). The first-order valence-electron chi connectivity index (χ1n) is 10.6. The molecule has 2 aliphatic rings. The van der Waals surface area contributed by atoms with Crippen molar-refractivity contribution in [2.45, 2.75) is 52.6 Å². The van der Waals surface area contributed by atoms with Gasteiger partial charge in [0.15, 0.2) is 6.67 Å². The maximum Gasteiger partial charge on any atom is 0.329 e. The molecule has 3 amide bonds. The van der Waals surface area contributed by atoms with Gasteiger partial charge in [-0.25, -0.2) is 9.69 Å². The summed E-state index contributed by atoms with van der Waals surface area (Å²) in [4.78, 5) is 29.7. The Morgan fingerprint density at radius 2 is 1.75 bits per heavy atom. The van der Waals surface area contributed by atoms with Crippen LogP contribution in [0, 0.1) is 12.8 Å². The molecule has 3 N–H and O–H groups in total. The number of carbonyl (C=O) groups is 2. The van der Waals surface area contributed by atoms with Gasteiger partial charge in [-0.1, -0.05) is 38.1 Å². The van der Waals surface area contributed by atoms with E-state index in [1.54, 1.807) is 4.90 Å². The van der Waals surface area contributed by atoms with Gasteiger partial charge in [0.25, 0.3) is 5.91 Å². The average Bonchev–Trinajstić information content (AvgIpc) is 2.87. The minimum Gasteiger partial charge on any atom is -0.323 e. The van der Waals surface area contributed by atoms with Crippen molar-refractivity contribution in [1.82, 2.24) is 10.2 Å². The number of benzene rings is 1. The second-order valence-electron chi connectivity index (χ2n) is 9.19. The zero-order valence-corrected chi connectivity index (χ0v) is 17.8. The van der Waals surface area contributed by atoms with Crippen molar-refractivity contribution < 1.29 is 19.4 Å². The van der Waals surface area contributed by atoms with Gasteiger partial charge in [0.1, 0.15) is 38.3 Å². The molecule has 1 aromatic carbocycles. The number of hydrogen-bond donors (Lipinski definition) is 3. The summed E-state index contributed by atoms with van der Waals surface area (Å²) in [6.07, 6.45) is 1.64. The van der Waals surface area contributed by atoms with Gasteiger partial charge in [0, 0.05) is 5.56 Å². The molecule has 2 fully saturated rings. The predicted octanol–water partition coefficient (Wildman–Crippen LogP) is -0.0174. The molecular formula is C22H36N4O2+2. The Hall–Kier alpha value is -1.92. The number of carbonyl (C=O) groups excluding carboxylic acids is 2. The van der Waals surface area contributed by atoms with E-state index in [9.17, 15) is 9.59 Å². The second-order valence-corrected chi connectivity index (χ2v) is 9.19. The van der Waals surface area contributed by atoms with Crippen molar-refractivity contribution in [3.63, 3.8) is 0 Å². The van der Waals surface area contributed by atoms with Gasteiger partial charge in [-0.2, -0.15) is 0 Å². The van der Waals surface area contributed by atoms with Crippen molar-refractivity contribution in [3.05, 3.63) is 35.4 Å². The van der Waals surface area contributed by atoms with Crippen molar-refractivity contribution in [2.75, 3.05) is 32.8 Å². The van der Waals surface area contributed by atoms with Gasteiger partial charge in [-0.3, -0.25) is 4.79 Å². The van der Waals surface area contributed by atoms with Crippen LogP contribution in [0.4, 0.5) is 4.79 Å². The Balaban J connectivity index is 1.51. The molecule has 2 heterocycles. The fourth-order valence-electron chi connectivity index (χ4n) is 4.23. The summed E-state index contributed by atoms with van der Waals surface area (Å²) in [6, 6.07) is 8.36. The molecule has 6 nitrogen and oxygen atoms in total. The lowest BCUT2D eigenvalue weighted by Gasteiger charge is -2.31. The quantitative estimate of drug-likeness (QED) is 0.575. The van der Waals surface area contributed by atoms with E-state index in [0.717, 1.165) is 39.1 Å². The van der Waals surface area contributed by atoms with Crippen LogP contribution in [0.1, 0.15) is 44.7 Å². The van der Waals surface area contributed by atoms with Gasteiger partial charge in [0.2, 0.25) is 0 Å². The first kappa shape index (κ1) is 20.8. The molecule has 0 aliphatic carbocycles. The second kappa shape index (κ2) is 8.62. The third kappa shape index (κ3) is 4.73. The summed E-state index contributed by atoms with van der Waals surface area (Å²) >= 11 is 0. The number of aryl methyl sites for hydroxylation is 1. The number of quaternary nitrogens is 2. The van der Waals surface area contributed by atoms with Crippen LogP contribution in [-0.4, -0.2) is 55.2 Å². The highest BCUT2D eigenvalue weighted by molar-refractivity contribution is 6.06. The van der Waals surface area contributed by atoms with Crippen molar-refractivity contribution in [2.24, 2.45) is 5.92 Å². The topological polar surface area (TPSA) is 58.3 Å². The Morgan fingerprint density at radius 3 is 2.39 bits per heavy atom. The smallest absolute Gasteiger partial charge is 0.323 e. The summed E-state index contributed by atoms with van der Waals surface area (Å²) in [6.45, 7) is 14.0. The number of hydrogen-bond acceptors (Lipinski definition) is 2. The molecule has 2 aliphatic heterocycles. The number of piperazine rings is 1. The Kier molecular flexibility index (Phi) is 6.40. The fraction of sp³-hybridized carbons (Fsp3) is 0.636. The normalized spacial score (nSPS) is 28.1. The monoisotopic (exact) mass is 388 g/mol. The molecule has 0 saturated carbocycles. The van der Waals surface area contributed by atoms with Gasteiger partial charge in [-0.15, -0.1) is 0 Å². The van der Waals surface area contributed by atoms with Gasteiger partial charge in [0.05, 0.1) is 0 Å². The Morgan fingerprint density at radius 1 is 1.11 bits per heavy atom. The summed E-state index contributed by atoms with van der Waals surface area (Å²) in [7, 11) is 0.